The van der Waals surface area contributed by atoms with Crippen LogP contribution >= 0.6 is 11.6 Å². The van der Waals surface area contributed by atoms with Gasteiger partial charge in [-0.15, -0.1) is 0 Å². The molecule has 0 aliphatic carbocycles. The van der Waals surface area contributed by atoms with E-state index in [2.05, 4.69) is 16.0 Å². The van der Waals surface area contributed by atoms with Crippen molar-refractivity contribution in [3.8, 4) is 0 Å². The first-order valence-electron chi connectivity index (χ1n) is 14.1. The van der Waals surface area contributed by atoms with E-state index in [0.717, 1.165) is 5.56 Å². The monoisotopic (exact) mass is 620 g/mol. The van der Waals surface area contributed by atoms with E-state index in [-0.39, 0.29) is 25.6 Å². The molecule has 0 heterocycles. The minimum Gasteiger partial charge on any atom is -0.465 e. The molecule has 0 spiro atoms. The third-order valence-electron chi connectivity index (χ3n) is 6.20. The summed E-state index contributed by atoms with van der Waals surface area (Å²) < 4.78 is 16.5. The molecule has 2 aromatic rings. The summed E-state index contributed by atoms with van der Waals surface area (Å²) in [5, 5.41) is 16.9. The molecular formula is C30H41ClN4O8. The topological polar surface area (TPSA) is 156 Å². The summed E-state index contributed by atoms with van der Waals surface area (Å²) in [5.74, 6) is -1.20. The molecule has 0 aliphatic heterocycles. The number of nitrogens with one attached hydrogen (secondary N) is 3. The molecule has 4 amide bonds. The molecular weight excluding hydrogens is 580 g/mol. The van der Waals surface area contributed by atoms with E-state index >= 15 is 0 Å². The van der Waals surface area contributed by atoms with E-state index in [4.69, 9.17) is 30.9 Å². The smallest absolute Gasteiger partial charge is 0.408 e. The van der Waals surface area contributed by atoms with Crippen LogP contribution in [0.2, 0.25) is 5.02 Å². The van der Waals surface area contributed by atoms with Gasteiger partial charge in [0.05, 0.1) is 13.1 Å². The van der Waals surface area contributed by atoms with Crippen molar-refractivity contribution in [3.05, 3.63) is 70.7 Å². The minimum atomic E-state index is -1.39. The number of alkyl carbamates (subject to hydrolysis) is 1. The number of hydrogen-bond acceptors (Lipinski definition) is 7. The fraction of sp³-hybridized carbons (Fsp3) is 0.467. The molecule has 236 valence electrons. The van der Waals surface area contributed by atoms with Gasteiger partial charge >= 0.3 is 12.2 Å². The number of rotatable bonds is 17. The average Bonchev–Trinajstić information content (AvgIpc) is 2.97. The zero-order chi connectivity index (χ0) is 31.8. The average molecular weight is 621 g/mol. The SMILES string of the molecule is CCOC(CN(C(=O)C(Cc1ccc(Cl)cc1)NC(=O)C(CNC(=O)O)NC(=O)OCc1ccccc1)C(C)C)OCC. The van der Waals surface area contributed by atoms with Crippen LogP contribution in [0.25, 0.3) is 0 Å². The van der Waals surface area contributed by atoms with Crippen LogP contribution in [0.5, 0.6) is 0 Å². The molecule has 2 atom stereocenters. The van der Waals surface area contributed by atoms with E-state index in [0.29, 0.717) is 23.8 Å². The summed E-state index contributed by atoms with van der Waals surface area (Å²) >= 11 is 6.04. The molecule has 12 nitrogen and oxygen atoms in total. The first-order chi connectivity index (χ1) is 20.5. The molecule has 0 saturated carbocycles. The van der Waals surface area contributed by atoms with Crippen molar-refractivity contribution in [3.63, 3.8) is 0 Å². The molecule has 2 unspecified atom stereocenters. The number of nitrogens with zero attached hydrogens (tertiary/aromatic N) is 1. The van der Waals surface area contributed by atoms with E-state index in [1.807, 2.05) is 33.8 Å². The first-order valence-corrected chi connectivity index (χ1v) is 14.4. The Morgan fingerprint density at radius 2 is 1.51 bits per heavy atom. The predicted molar refractivity (Wildman–Crippen MR) is 161 cm³/mol. The Kier molecular flexibility index (Phi) is 15.3. The number of ether oxygens (including phenoxy) is 3. The van der Waals surface area contributed by atoms with Crippen molar-refractivity contribution in [2.24, 2.45) is 0 Å². The van der Waals surface area contributed by atoms with Gasteiger partial charge < -0.3 is 40.2 Å². The van der Waals surface area contributed by atoms with Gasteiger partial charge in [-0.3, -0.25) is 9.59 Å². The molecule has 4 N–H and O–H groups in total. The van der Waals surface area contributed by atoms with E-state index < -0.39 is 48.9 Å². The van der Waals surface area contributed by atoms with Crippen LogP contribution in [0.4, 0.5) is 9.59 Å². The molecule has 0 aromatic heterocycles. The van der Waals surface area contributed by atoms with Gasteiger partial charge in [-0.05, 0) is 51.0 Å². The third-order valence-corrected chi connectivity index (χ3v) is 6.46. The number of hydrogen-bond donors (Lipinski definition) is 4. The first kappa shape index (κ1) is 35.3. The highest BCUT2D eigenvalue weighted by molar-refractivity contribution is 6.30. The lowest BCUT2D eigenvalue weighted by atomic mass is 10.0. The second kappa shape index (κ2) is 18.6. The van der Waals surface area contributed by atoms with E-state index in [1.54, 1.807) is 53.4 Å². The molecule has 0 saturated heterocycles. The van der Waals surface area contributed by atoms with Gasteiger partial charge in [0.2, 0.25) is 11.8 Å². The fourth-order valence-electron chi connectivity index (χ4n) is 4.08. The Bertz CT molecular complexity index is 1160. The molecule has 2 aromatic carbocycles. The molecule has 13 heteroatoms. The Morgan fingerprint density at radius 1 is 0.884 bits per heavy atom. The highest BCUT2D eigenvalue weighted by atomic mass is 35.5. The lowest BCUT2D eigenvalue weighted by molar-refractivity contribution is -0.163. The zero-order valence-electron chi connectivity index (χ0n) is 24.9. The standard InChI is InChI=1S/C30H41ClN4O8/c1-5-41-26(42-6-2)18-35(20(3)4)28(37)24(16-21-12-14-23(31)15-13-21)33-27(36)25(17-32-29(38)39)34-30(40)43-19-22-10-8-7-9-11-22/h7-15,20,24-26,32H,5-6,16-19H2,1-4H3,(H,33,36)(H,34,40)(H,38,39). The fourth-order valence-corrected chi connectivity index (χ4v) is 4.20. The van der Waals surface area contributed by atoms with Crippen LogP contribution in [0.3, 0.4) is 0 Å². The Morgan fingerprint density at radius 3 is 2.07 bits per heavy atom. The quantitative estimate of drug-likeness (QED) is 0.196. The van der Waals surface area contributed by atoms with Gasteiger partial charge in [-0.2, -0.15) is 0 Å². The number of amides is 4. The lowest BCUT2D eigenvalue weighted by Crippen LogP contribution is -2.59. The maximum absolute atomic E-state index is 14.0. The highest BCUT2D eigenvalue weighted by Crippen LogP contribution is 2.14. The number of benzene rings is 2. The van der Waals surface area contributed by atoms with Gasteiger partial charge in [0, 0.05) is 30.7 Å². The Hall–Kier alpha value is -3.87. The second-order valence-corrected chi connectivity index (χ2v) is 10.2. The van der Waals surface area contributed by atoms with Gasteiger partial charge in [-0.1, -0.05) is 54.1 Å². The summed E-state index contributed by atoms with van der Waals surface area (Å²) in [5.41, 5.74) is 1.44. The van der Waals surface area contributed by atoms with Crippen LogP contribution in [-0.4, -0.2) is 84.7 Å². The van der Waals surface area contributed by atoms with Gasteiger partial charge in [0.25, 0.3) is 0 Å². The van der Waals surface area contributed by atoms with Crippen LogP contribution in [-0.2, 0) is 36.8 Å². The number of carbonyl (C=O) groups excluding carboxylic acids is 3. The lowest BCUT2D eigenvalue weighted by Gasteiger charge is -2.34. The van der Waals surface area contributed by atoms with Crippen molar-refractivity contribution in [1.82, 2.24) is 20.9 Å². The van der Waals surface area contributed by atoms with Crippen molar-refractivity contribution in [1.29, 1.82) is 0 Å². The van der Waals surface area contributed by atoms with Crippen LogP contribution in [0.15, 0.2) is 54.6 Å². The predicted octanol–water partition coefficient (Wildman–Crippen LogP) is 3.57. The van der Waals surface area contributed by atoms with Crippen molar-refractivity contribution >= 4 is 35.6 Å². The number of halogens is 1. The third kappa shape index (κ3) is 12.9. The molecule has 2 rings (SSSR count). The summed E-state index contributed by atoms with van der Waals surface area (Å²) in [6, 6.07) is 13.0. The number of carbonyl (C=O) groups is 4. The van der Waals surface area contributed by atoms with E-state index in [1.165, 1.54) is 0 Å². The molecule has 0 aliphatic rings. The normalized spacial score (nSPS) is 12.3. The van der Waals surface area contributed by atoms with Crippen molar-refractivity contribution in [2.75, 3.05) is 26.3 Å². The minimum absolute atomic E-state index is 0.0603. The maximum atomic E-state index is 14.0. The summed E-state index contributed by atoms with van der Waals surface area (Å²) in [6.45, 7) is 7.64. The maximum Gasteiger partial charge on any atom is 0.408 e. The van der Waals surface area contributed by atoms with Crippen molar-refractivity contribution in [2.45, 2.75) is 65.1 Å². The van der Waals surface area contributed by atoms with Gasteiger partial charge in [0.1, 0.15) is 18.7 Å². The second-order valence-electron chi connectivity index (χ2n) is 9.76. The van der Waals surface area contributed by atoms with Crippen molar-refractivity contribution < 1.29 is 38.5 Å². The zero-order valence-corrected chi connectivity index (χ0v) is 25.6. The molecule has 0 bridgehead atoms. The highest BCUT2D eigenvalue weighted by Gasteiger charge is 2.32. The Labute approximate surface area is 257 Å². The Balaban J connectivity index is 2.28. The summed E-state index contributed by atoms with van der Waals surface area (Å²) in [7, 11) is 0. The molecule has 43 heavy (non-hydrogen) atoms. The van der Waals surface area contributed by atoms with Gasteiger partial charge in [0.15, 0.2) is 6.29 Å². The van der Waals surface area contributed by atoms with Crippen LogP contribution < -0.4 is 16.0 Å². The largest absolute Gasteiger partial charge is 0.465 e. The molecule has 0 fully saturated rings. The van der Waals surface area contributed by atoms with E-state index in [9.17, 15) is 19.2 Å². The summed E-state index contributed by atoms with van der Waals surface area (Å²) in [6.07, 6.45) is -2.91. The van der Waals surface area contributed by atoms with Crippen LogP contribution in [0.1, 0.15) is 38.8 Å². The number of carboxylic acid groups (broad SMARTS) is 1. The van der Waals surface area contributed by atoms with Crippen LogP contribution in [0, 0.1) is 0 Å². The van der Waals surface area contributed by atoms with Gasteiger partial charge in [-0.25, -0.2) is 9.59 Å². The summed E-state index contributed by atoms with van der Waals surface area (Å²) in [4.78, 5) is 52.8. The molecule has 0 radical (unpaired) electrons.